The van der Waals surface area contributed by atoms with Crippen molar-refractivity contribution < 1.29 is 14.3 Å². The van der Waals surface area contributed by atoms with Gasteiger partial charge in [-0.25, -0.2) is 4.79 Å². The largest absolute Gasteiger partial charge is 0.510 e. The summed E-state index contributed by atoms with van der Waals surface area (Å²) >= 11 is 5.41. The highest BCUT2D eigenvalue weighted by Crippen LogP contribution is 2.05. The van der Waals surface area contributed by atoms with E-state index in [4.69, 9.17) is 16.3 Å². The highest BCUT2D eigenvalue weighted by molar-refractivity contribution is 6.19. The molecule has 1 unspecified atom stereocenters. The van der Waals surface area contributed by atoms with Crippen LogP contribution in [0.4, 0.5) is 4.79 Å². The average molecular weight is 195 g/mol. The molecule has 0 rings (SSSR count). The molecule has 2 atom stereocenters. The molecule has 0 fully saturated rings. The van der Waals surface area contributed by atoms with Gasteiger partial charge < -0.3 is 9.47 Å². The molecule has 72 valence electrons. The van der Waals surface area contributed by atoms with Crippen molar-refractivity contribution in [2.24, 2.45) is 0 Å². The second-order valence-corrected chi connectivity index (χ2v) is 3.24. The molecular weight excluding hydrogens is 180 g/mol. The summed E-state index contributed by atoms with van der Waals surface area (Å²) in [6.45, 7) is 5.41. The normalized spacial score (nSPS) is 15.0. The maximum Gasteiger partial charge on any atom is 0.510 e. The summed E-state index contributed by atoms with van der Waals surface area (Å²) < 4.78 is 9.43. The van der Waals surface area contributed by atoms with E-state index < -0.39 is 11.7 Å². The Morgan fingerprint density at radius 1 is 1.42 bits per heavy atom. The van der Waals surface area contributed by atoms with Crippen LogP contribution in [-0.2, 0) is 9.47 Å². The lowest BCUT2D eigenvalue weighted by Crippen LogP contribution is -2.17. The Hall–Kier alpha value is -0.440. The molecule has 0 aromatic heterocycles. The van der Waals surface area contributed by atoms with Gasteiger partial charge >= 0.3 is 6.16 Å². The van der Waals surface area contributed by atoms with E-state index in [1.807, 2.05) is 13.8 Å². The van der Waals surface area contributed by atoms with Gasteiger partial charge in [-0.15, -0.1) is 0 Å². The van der Waals surface area contributed by atoms with Crippen LogP contribution in [0.1, 0.15) is 33.6 Å². The first kappa shape index (κ1) is 11.6. The predicted octanol–water partition coefficient (Wildman–Crippen LogP) is 2.91. The van der Waals surface area contributed by atoms with Gasteiger partial charge in [0.1, 0.15) is 6.10 Å². The molecule has 0 aromatic rings. The summed E-state index contributed by atoms with van der Waals surface area (Å²) in [5.74, 6) is 0. The van der Waals surface area contributed by atoms with Crippen LogP contribution in [0.25, 0.3) is 0 Å². The van der Waals surface area contributed by atoms with Gasteiger partial charge in [0.25, 0.3) is 0 Å². The topological polar surface area (TPSA) is 35.5 Å². The van der Waals surface area contributed by atoms with E-state index in [0.29, 0.717) is 0 Å². The van der Waals surface area contributed by atoms with Gasteiger partial charge in [-0.3, -0.25) is 0 Å². The summed E-state index contributed by atoms with van der Waals surface area (Å²) in [6, 6.07) is 0. The SMILES string of the molecule is CCC[C@@H](C)OC(=O)OC(C)Cl. The number of ether oxygens (including phenoxy) is 2. The van der Waals surface area contributed by atoms with Gasteiger partial charge in [0, 0.05) is 0 Å². The van der Waals surface area contributed by atoms with E-state index >= 15 is 0 Å². The van der Waals surface area contributed by atoms with Crippen LogP contribution >= 0.6 is 11.6 Å². The van der Waals surface area contributed by atoms with Crippen molar-refractivity contribution in [3.8, 4) is 0 Å². The van der Waals surface area contributed by atoms with Crippen LogP contribution in [-0.4, -0.2) is 17.8 Å². The first-order valence-corrected chi connectivity index (χ1v) is 4.51. The van der Waals surface area contributed by atoms with Gasteiger partial charge in [0.05, 0.1) is 0 Å². The van der Waals surface area contributed by atoms with Gasteiger partial charge in [0.15, 0.2) is 5.56 Å². The number of halogens is 1. The number of hydrogen-bond donors (Lipinski definition) is 0. The first-order chi connectivity index (χ1) is 5.56. The lowest BCUT2D eigenvalue weighted by atomic mass is 10.2. The highest BCUT2D eigenvalue weighted by Gasteiger charge is 2.11. The quantitative estimate of drug-likeness (QED) is 0.510. The Morgan fingerprint density at radius 3 is 2.42 bits per heavy atom. The van der Waals surface area contributed by atoms with Crippen molar-refractivity contribution in [1.29, 1.82) is 0 Å². The molecule has 3 nitrogen and oxygen atoms in total. The zero-order valence-electron chi connectivity index (χ0n) is 7.67. The molecule has 0 aliphatic rings. The fourth-order valence-electron chi connectivity index (χ4n) is 0.790. The fourth-order valence-corrected chi connectivity index (χ4v) is 0.863. The highest BCUT2D eigenvalue weighted by atomic mass is 35.5. The summed E-state index contributed by atoms with van der Waals surface area (Å²) in [6.07, 6.45) is 1.02. The monoisotopic (exact) mass is 194 g/mol. The molecule has 0 saturated heterocycles. The van der Waals surface area contributed by atoms with Crippen LogP contribution in [0.15, 0.2) is 0 Å². The molecule has 0 N–H and O–H groups in total. The summed E-state index contributed by atoms with van der Waals surface area (Å²) in [7, 11) is 0. The van der Waals surface area contributed by atoms with Crippen LogP contribution in [0.3, 0.4) is 0 Å². The van der Waals surface area contributed by atoms with Gasteiger partial charge in [-0.2, -0.15) is 0 Å². The number of carbonyl (C=O) groups excluding carboxylic acids is 1. The number of rotatable bonds is 4. The molecule has 4 heteroatoms. The van der Waals surface area contributed by atoms with E-state index in [2.05, 4.69) is 4.74 Å². The van der Waals surface area contributed by atoms with E-state index in [1.165, 1.54) is 0 Å². The summed E-state index contributed by atoms with van der Waals surface area (Å²) in [5, 5.41) is 0. The minimum atomic E-state index is -0.696. The van der Waals surface area contributed by atoms with Gasteiger partial charge in [-0.1, -0.05) is 24.9 Å². The molecule has 12 heavy (non-hydrogen) atoms. The zero-order chi connectivity index (χ0) is 9.56. The van der Waals surface area contributed by atoms with E-state index in [-0.39, 0.29) is 6.10 Å². The molecular formula is C8H15ClO3. The molecule has 0 amide bonds. The molecule has 0 bridgehead atoms. The third-order valence-corrected chi connectivity index (χ3v) is 1.34. The Kier molecular flexibility index (Phi) is 5.89. The van der Waals surface area contributed by atoms with Gasteiger partial charge in [0.2, 0.25) is 0 Å². The van der Waals surface area contributed by atoms with Gasteiger partial charge in [-0.05, 0) is 20.3 Å². The smallest absolute Gasteiger partial charge is 0.431 e. The Labute approximate surface area is 78.0 Å². The Bertz CT molecular complexity index is 136. The lowest BCUT2D eigenvalue weighted by Gasteiger charge is -2.12. The fraction of sp³-hybridized carbons (Fsp3) is 0.875. The van der Waals surface area contributed by atoms with Crippen molar-refractivity contribution in [2.45, 2.75) is 45.3 Å². The third-order valence-electron chi connectivity index (χ3n) is 1.25. The number of carbonyl (C=O) groups is 1. The van der Waals surface area contributed by atoms with Crippen molar-refractivity contribution in [1.82, 2.24) is 0 Å². The second-order valence-electron chi connectivity index (χ2n) is 2.63. The second kappa shape index (κ2) is 6.12. The Morgan fingerprint density at radius 2 is 2.00 bits per heavy atom. The first-order valence-electron chi connectivity index (χ1n) is 4.07. The third kappa shape index (κ3) is 6.28. The molecule has 0 aliphatic carbocycles. The van der Waals surface area contributed by atoms with E-state index in [0.717, 1.165) is 12.8 Å². The average Bonchev–Trinajstić information content (AvgIpc) is 1.84. The van der Waals surface area contributed by atoms with Crippen molar-refractivity contribution in [3.05, 3.63) is 0 Å². The van der Waals surface area contributed by atoms with E-state index in [1.54, 1.807) is 6.92 Å². The maximum atomic E-state index is 10.8. The minimum Gasteiger partial charge on any atom is -0.431 e. The van der Waals surface area contributed by atoms with E-state index in [9.17, 15) is 4.79 Å². The molecule has 0 radical (unpaired) electrons. The van der Waals surface area contributed by atoms with Crippen LogP contribution < -0.4 is 0 Å². The summed E-state index contributed by atoms with van der Waals surface area (Å²) in [4.78, 5) is 10.8. The van der Waals surface area contributed by atoms with Crippen molar-refractivity contribution in [3.63, 3.8) is 0 Å². The zero-order valence-corrected chi connectivity index (χ0v) is 8.43. The molecule has 0 saturated carbocycles. The molecule has 0 heterocycles. The minimum absolute atomic E-state index is 0.0992. The maximum absolute atomic E-state index is 10.8. The van der Waals surface area contributed by atoms with Crippen molar-refractivity contribution >= 4 is 17.8 Å². The van der Waals surface area contributed by atoms with Crippen LogP contribution in [0.5, 0.6) is 0 Å². The Balaban J connectivity index is 3.54. The standard InChI is InChI=1S/C8H15ClO3/c1-4-5-6(2)11-8(10)12-7(3)9/h6-7H,4-5H2,1-3H3/t6-,7?/m1/s1. The predicted molar refractivity (Wildman–Crippen MR) is 47.3 cm³/mol. The molecule has 0 aliphatic heterocycles. The number of alkyl halides is 1. The molecule has 0 spiro atoms. The number of hydrogen-bond acceptors (Lipinski definition) is 3. The van der Waals surface area contributed by atoms with Crippen LogP contribution in [0.2, 0.25) is 0 Å². The van der Waals surface area contributed by atoms with Crippen molar-refractivity contribution in [2.75, 3.05) is 0 Å². The molecule has 0 aromatic carbocycles. The lowest BCUT2D eigenvalue weighted by molar-refractivity contribution is 0.0220. The van der Waals surface area contributed by atoms with Crippen LogP contribution in [0, 0.1) is 0 Å². The summed E-state index contributed by atoms with van der Waals surface area (Å²) in [5.41, 5.74) is -0.633.